The predicted molar refractivity (Wildman–Crippen MR) is 99.1 cm³/mol. The third-order valence-electron chi connectivity index (χ3n) is 4.22. The second kappa shape index (κ2) is 5.94. The van der Waals surface area contributed by atoms with Crippen molar-refractivity contribution in [1.29, 1.82) is 0 Å². The fourth-order valence-electron chi connectivity index (χ4n) is 2.85. The monoisotopic (exact) mass is 362 g/mol. The van der Waals surface area contributed by atoms with Gasteiger partial charge in [0.15, 0.2) is 0 Å². The molecule has 116 valence electrons. The molecular weight excluding hydrogens is 350 g/mol. The van der Waals surface area contributed by atoms with Crippen LogP contribution in [0.25, 0.3) is 27.3 Å². The summed E-state index contributed by atoms with van der Waals surface area (Å²) in [5.74, 6) is -0.389. The van der Waals surface area contributed by atoms with Crippen molar-refractivity contribution < 1.29 is 4.39 Å². The molecule has 0 saturated heterocycles. The Bertz CT molecular complexity index is 934. The van der Waals surface area contributed by atoms with E-state index in [4.69, 9.17) is 23.2 Å². The van der Waals surface area contributed by atoms with Crippen LogP contribution in [0.3, 0.4) is 0 Å². The lowest BCUT2D eigenvalue weighted by atomic mass is 9.91. The zero-order valence-electron chi connectivity index (χ0n) is 12.2. The van der Waals surface area contributed by atoms with Crippen LogP contribution in [-0.2, 0) is 0 Å². The van der Waals surface area contributed by atoms with Crippen LogP contribution in [-0.4, -0.2) is 0 Å². The van der Waals surface area contributed by atoms with Gasteiger partial charge in [0, 0.05) is 25.5 Å². The molecule has 4 rings (SSSR count). The van der Waals surface area contributed by atoms with Crippen molar-refractivity contribution in [2.24, 2.45) is 0 Å². The molecule has 0 amide bonds. The van der Waals surface area contributed by atoms with Crippen LogP contribution < -0.4 is 0 Å². The summed E-state index contributed by atoms with van der Waals surface area (Å²) in [5.41, 5.74) is 3.38. The van der Waals surface area contributed by atoms with Crippen molar-refractivity contribution in [2.45, 2.75) is 19.3 Å². The third-order valence-corrected chi connectivity index (χ3v) is 5.86. The quantitative estimate of drug-likeness (QED) is 0.440. The third kappa shape index (κ3) is 2.80. The number of halogens is 3. The first kappa shape index (κ1) is 15.2. The van der Waals surface area contributed by atoms with Crippen LogP contribution in [0.2, 0.25) is 10.0 Å². The second-order valence-electron chi connectivity index (χ2n) is 5.77. The Hall–Kier alpha value is -1.35. The number of allylic oxidation sites excluding steroid dienone is 1. The molecule has 1 heterocycles. The average Bonchev–Trinajstić information content (AvgIpc) is 2.83. The minimum atomic E-state index is -0.389. The van der Waals surface area contributed by atoms with Gasteiger partial charge in [0.2, 0.25) is 0 Å². The summed E-state index contributed by atoms with van der Waals surface area (Å²) in [6.45, 7) is 0. The standard InChI is InChI=1S/C19H13Cl2FS/c20-13-5-6-14-17(10-13)23-18(8-11-2-1-3-11)19(14)12-4-7-15(21)16(22)9-12/h4-10H,1-3H2. The highest BCUT2D eigenvalue weighted by atomic mass is 35.5. The van der Waals surface area contributed by atoms with E-state index >= 15 is 0 Å². The maximum atomic E-state index is 13.9. The Morgan fingerprint density at radius 2 is 1.87 bits per heavy atom. The summed E-state index contributed by atoms with van der Waals surface area (Å²) in [7, 11) is 0. The van der Waals surface area contributed by atoms with Crippen LogP contribution in [0.1, 0.15) is 24.1 Å². The van der Waals surface area contributed by atoms with Gasteiger partial charge in [-0.3, -0.25) is 0 Å². The maximum absolute atomic E-state index is 13.9. The highest BCUT2D eigenvalue weighted by molar-refractivity contribution is 7.20. The molecule has 0 aliphatic heterocycles. The van der Waals surface area contributed by atoms with E-state index in [0.29, 0.717) is 0 Å². The van der Waals surface area contributed by atoms with E-state index in [-0.39, 0.29) is 10.8 Å². The molecule has 0 N–H and O–H groups in total. The van der Waals surface area contributed by atoms with E-state index < -0.39 is 0 Å². The first-order valence-electron chi connectivity index (χ1n) is 7.49. The van der Waals surface area contributed by atoms with E-state index in [0.717, 1.165) is 39.1 Å². The fourth-order valence-corrected chi connectivity index (χ4v) is 4.46. The second-order valence-corrected chi connectivity index (χ2v) is 7.69. The minimum Gasteiger partial charge on any atom is -0.205 e. The van der Waals surface area contributed by atoms with Gasteiger partial charge in [-0.2, -0.15) is 0 Å². The molecule has 0 radical (unpaired) electrons. The first-order chi connectivity index (χ1) is 11.1. The van der Waals surface area contributed by atoms with E-state index in [1.165, 1.54) is 22.9 Å². The topological polar surface area (TPSA) is 0 Å². The van der Waals surface area contributed by atoms with Crippen molar-refractivity contribution in [3.8, 4) is 11.1 Å². The van der Waals surface area contributed by atoms with Gasteiger partial charge in [-0.25, -0.2) is 4.39 Å². The number of hydrogen-bond donors (Lipinski definition) is 0. The molecule has 0 spiro atoms. The molecule has 1 fully saturated rings. The number of benzene rings is 2. The summed E-state index contributed by atoms with van der Waals surface area (Å²) >= 11 is 13.7. The normalized spacial score (nSPS) is 14.1. The molecule has 23 heavy (non-hydrogen) atoms. The molecular formula is C19H13Cl2FS. The SMILES string of the molecule is Fc1cc(-c2c(C=C3CCC3)sc3cc(Cl)ccc23)ccc1Cl. The van der Waals surface area contributed by atoms with E-state index in [2.05, 4.69) is 6.08 Å². The number of thiophene rings is 1. The largest absolute Gasteiger partial charge is 0.205 e. The van der Waals surface area contributed by atoms with Crippen molar-refractivity contribution in [1.82, 2.24) is 0 Å². The van der Waals surface area contributed by atoms with Gasteiger partial charge >= 0.3 is 0 Å². The lowest BCUT2D eigenvalue weighted by Gasteiger charge is -2.16. The molecule has 0 nitrogen and oxygen atoms in total. The van der Waals surface area contributed by atoms with Crippen LogP contribution >= 0.6 is 34.5 Å². The van der Waals surface area contributed by atoms with Crippen molar-refractivity contribution in [2.75, 3.05) is 0 Å². The highest BCUT2D eigenvalue weighted by Crippen LogP contribution is 2.43. The average molecular weight is 363 g/mol. The predicted octanol–water partition coefficient (Wildman–Crippen LogP) is 7.58. The Labute approximate surface area is 148 Å². The van der Waals surface area contributed by atoms with Gasteiger partial charge in [0.25, 0.3) is 0 Å². The first-order valence-corrected chi connectivity index (χ1v) is 9.06. The van der Waals surface area contributed by atoms with Gasteiger partial charge in [-0.1, -0.05) is 40.9 Å². The summed E-state index contributed by atoms with van der Waals surface area (Å²) in [6.07, 6.45) is 5.82. The van der Waals surface area contributed by atoms with Crippen LogP contribution in [0.15, 0.2) is 42.0 Å². The molecule has 1 saturated carbocycles. The van der Waals surface area contributed by atoms with Gasteiger partial charge in [0.05, 0.1) is 5.02 Å². The summed E-state index contributed by atoms with van der Waals surface area (Å²) < 4.78 is 15.1. The molecule has 0 bridgehead atoms. The molecule has 1 aliphatic carbocycles. The molecule has 3 aromatic rings. The van der Waals surface area contributed by atoms with Crippen molar-refractivity contribution in [3.63, 3.8) is 0 Å². The van der Waals surface area contributed by atoms with Crippen LogP contribution in [0, 0.1) is 5.82 Å². The zero-order chi connectivity index (χ0) is 16.0. The van der Waals surface area contributed by atoms with E-state index in [9.17, 15) is 4.39 Å². The Kier molecular flexibility index (Phi) is 3.92. The summed E-state index contributed by atoms with van der Waals surface area (Å²) in [4.78, 5) is 1.17. The van der Waals surface area contributed by atoms with Crippen molar-refractivity contribution >= 4 is 50.7 Å². The number of rotatable bonds is 2. The summed E-state index contributed by atoms with van der Waals surface area (Å²) in [6, 6.07) is 10.9. The van der Waals surface area contributed by atoms with Gasteiger partial charge in [-0.15, -0.1) is 11.3 Å². The molecule has 0 unspecified atom stereocenters. The fraction of sp³-hybridized carbons (Fsp3) is 0.158. The van der Waals surface area contributed by atoms with Crippen LogP contribution in [0.4, 0.5) is 4.39 Å². The molecule has 1 aromatic heterocycles. The maximum Gasteiger partial charge on any atom is 0.142 e. The van der Waals surface area contributed by atoms with Gasteiger partial charge in [0.1, 0.15) is 5.82 Å². The van der Waals surface area contributed by atoms with Crippen LogP contribution in [0.5, 0.6) is 0 Å². The highest BCUT2D eigenvalue weighted by Gasteiger charge is 2.17. The number of hydrogen-bond acceptors (Lipinski definition) is 1. The van der Waals surface area contributed by atoms with E-state index in [1.807, 2.05) is 24.3 Å². The van der Waals surface area contributed by atoms with Gasteiger partial charge in [-0.05, 0) is 55.2 Å². The molecule has 4 heteroatoms. The lowest BCUT2D eigenvalue weighted by molar-refractivity contribution is 0.629. The van der Waals surface area contributed by atoms with E-state index in [1.54, 1.807) is 17.4 Å². The minimum absolute atomic E-state index is 0.148. The van der Waals surface area contributed by atoms with Gasteiger partial charge < -0.3 is 0 Å². The molecule has 1 aliphatic rings. The van der Waals surface area contributed by atoms with Crippen molar-refractivity contribution in [3.05, 3.63) is 62.7 Å². The molecule has 2 aromatic carbocycles. The summed E-state index contributed by atoms with van der Waals surface area (Å²) in [5, 5.41) is 1.97. The lowest BCUT2D eigenvalue weighted by Crippen LogP contribution is -1.95. The number of fused-ring (bicyclic) bond motifs is 1. The smallest absolute Gasteiger partial charge is 0.142 e. The Balaban J connectivity index is 1.97. The Morgan fingerprint density at radius 3 is 2.57 bits per heavy atom. The zero-order valence-corrected chi connectivity index (χ0v) is 14.5. The Morgan fingerprint density at radius 1 is 1.04 bits per heavy atom. The molecule has 0 atom stereocenters.